The maximum Gasteiger partial charge on any atom is 0.305 e. The van der Waals surface area contributed by atoms with Gasteiger partial charge in [-0.05, 0) is 20.8 Å². The average Bonchev–Trinajstić information content (AvgIpc) is 1.81. The van der Waals surface area contributed by atoms with E-state index in [4.69, 9.17) is 10.8 Å². The number of nitrogens with one attached hydrogen (secondary N) is 1. The van der Waals surface area contributed by atoms with E-state index in [0.717, 1.165) is 0 Å². The molecular weight excluding hydrogens is 172 g/mol. The van der Waals surface area contributed by atoms with Gasteiger partial charge in [-0.3, -0.25) is 9.59 Å². The van der Waals surface area contributed by atoms with Crippen molar-refractivity contribution < 1.29 is 14.7 Å². The van der Waals surface area contributed by atoms with Crippen LogP contribution in [0.15, 0.2) is 0 Å². The van der Waals surface area contributed by atoms with Gasteiger partial charge in [0, 0.05) is 5.54 Å². The Bertz CT molecular complexity index is 208. The van der Waals surface area contributed by atoms with E-state index in [0.29, 0.717) is 0 Å². The second-order valence-electron chi connectivity index (χ2n) is 3.94. The van der Waals surface area contributed by atoms with Crippen LogP contribution >= 0.6 is 0 Å². The quantitative estimate of drug-likeness (QED) is 0.567. The predicted molar refractivity (Wildman–Crippen MR) is 48.1 cm³/mol. The van der Waals surface area contributed by atoms with Crippen molar-refractivity contribution in [2.75, 3.05) is 0 Å². The first-order valence-corrected chi connectivity index (χ1v) is 4.02. The summed E-state index contributed by atoms with van der Waals surface area (Å²) in [6, 6.07) is -0.975. The summed E-state index contributed by atoms with van der Waals surface area (Å²) in [6.45, 7) is 5.41. The molecule has 5 nitrogen and oxygen atoms in total. The summed E-state index contributed by atoms with van der Waals surface area (Å²) in [5.41, 5.74) is 4.95. The highest BCUT2D eigenvalue weighted by atomic mass is 16.4. The van der Waals surface area contributed by atoms with Gasteiger partial charge in [0.2, 0.25) is 5.91 Å². The zero-order valence-corrected chi connectivity index (χ0v) is 8.13. The highest BCUT2D eigenvalue weighted by molar-refractivity contribution is 5.86. The lowest BCUT2D eigenvalue weighted by Gasteiger charge is -2.22. The average molecular weight is 188 g/mol. The molecule has 1 atom stereocenters. The van der Waals surface area contributed by atoms with E-state index in [9.17, 15) is 9.59 Å². The third-order valence-electron chi connectivity index (χ3n) is 1.23. The first kappa shape index (κ1) is 11.9. The zero-order chi connectivity index (χ0) is 10.6. The molecule has 0 bridgehead atoms. The standard InChI is InChI=1S/C8H16N2O3/c1-8(2,3)10-7(13)5(9)4-6(11)12/h5H,4,9H2,1-3H3,(H,10,13)(H,11,12). The molecule has 13 heavy (non-hydrogen) atoms. The van der Waals surface area contributed by atoms with Gasteiger partial charge in [0.25, 0.3) is 0 Å². The van der Waals surface area contributed by atoms with Crippen LogP contribution in [0.5, 0.6) is 0 Å². The minimum absolute atomic E-state index is 0.345. The Morgan fingerprint density at radius 1 is 1.46 bits per heavy atom. The third kappa shape index (κ3) is 6.10. The minimum Gasteiger partial charge on any atom is -0.481 e. The molecule has 4 N–H and O–H groups in total. The molecule has 0 heterocycles. The predicted octanol–water partition coefficient (Wildman–Crippen LogP) is -0.297. The van der Waals surface area contributed by atoms with Crippen molar-refractivity contribution in [3.63, 3.8) is 0 Å². The number of carbonyl (C=O) groups is 2. The van der Waals surface area contributed by atoms with Crippen LogP contribution in [0.3, 0.4) is 0 Å². The lowest BCUT2D eigenvalue weighted by molar-refractivity contribution is -0.139. The van der Waals surface area contributed by atoms with Crippen molar-refractivity contribution in [1.29, 1.82) is 0 Å². The second kappa shape index (κ2) is 4.23. The maximum absolute atomic E-state index is 11.2. The third-order valence-corrected chi connectivity index (χ3v) is 1.23. The fourth-order valence-electron chi connectivity index (χ4n) is 0.743. The van der Waals surface area contributed by atoms with Crippen LogP contribution in [0.25, 0.3) is 0 Å². The van der Waals surface area contributed by atoms with Crippen LogP contribution in [-0.2, 0) is 9.59 Å². The summed E-state index contributed by atoms with van der Waals surface area (Å²) in [7, 11) is 0. The molecule has 0 aliphatic rings. The molecule has 0 aliphatic heterocycles. The van der Waals surface area contributed by atoms with E-state index in [2.05, 4.69) is 5.32 Å². The van der Waals surface area contributed by atoms with Crippen LogP contribution < -0.4 is 11.1 Å². The molecule has 0 saturated heterocycles. The van der Waals surface area contributed by atoms with Crippen molar-refractivity contribution in [3.05, 3.63) is 0 Å². The molecule has 0 saturated carbocycles. The fourth-order valence-corrected chi connectivity index (χ4v) is 0.743. The summed E-state index contributed by atoms with van der Waals surface area (Å²) in [5, 5.41) is 11.0. The number of amides is 1. The van der Waals surface area contributed by atoms with Gasteiger partial charge in [0.15, 0.2) is 0 Å². The molecular formula is C8H16N2O3. The Morgan fingerprint density at radius 2 is 1.92 bits per heavy atom. The number of nitrogens with two attached hydrogens (primary N) is 1. The van der Waals surface area contributed by atoms with E-state index >= 15 is 0 Å². The second-order valence-corrected chi connectivity index (χ2v) is 3.94. The first-order valence-electron chi connectivity index (χ1n) is 4.02. The van der Waals surface area contributed by atoms with E-state index in [1.165, 1.54) is 0 Å². The monoisotopic (exact) mass is 188 g/mol. The van der Waals surface area contributed by atoms with Crippen LogP contribution in [0.1, 0.15) is 27.2 Å². The molecule has 1 unspecified atom stereocenters. The van der Waals surface area contributed by atoms with E-state index in [1.54, 1.807) is 20.8 Å². The van der Waals surface area contributed by atoms with Gasteiger partial charge in [-0.1, -0.05) is 0 Å². The molecule has 0 aliphatic carbocycles. The smallest absolute Gasteiger partial charge is 0.305 e. The summed E-state index contributed by atoms with van der Waals surface area (Å²) < 4.78 is 0. The lowest BCUT2D eigenvalue weighted by atomic mass is 10.1. The number of rotatable bonds is 3. The molecule has 0 spiro atoms. The number of carbonyl (C=O) groups excluding carboxylic acids is 1. The van der Waals surface area contributed by atoms with Crippen LogP contribution in [-0.4, -0.2) is 28.6 Å². The number of hydrogen-bond acceptors (Lipinski definition) is 3. The van der Waals surface area contributed by atoms with Crippen LogP contribution in [0.2, 0.25) is 0 Å². The van der Waals surface area contributed by atoms with E-state index < -0.39 is 17.9 Å². The summed E-state index contributed by atoms with van der Waals surface area (Å²) >= 11 is 0. The number of carboxylic acid groups (broad SMARTS) is 1. The largest absolute Gasteiger partial charge is 0.481 e. The number of hydrogen-bond donors (Lipinski definition) is 3. The molecule has 1 amide bonds. The highest BCUT2D eigenvalue weighted by Gasteiger charge is 2.21. The summed E-state index contributed by atoms with van der Waals surface area (Å²) in [5.74, 6) is -1.51. The van der Waals surface area contributed by atoms with E-state index in [1.807, 2.05) is 0 Å². The van der Waals surface area contributed by atoms with Crippen LogP contribution in [0, 0.1) is 0 Å². The van der Waals surface area contributed by atoms with Crippen molar-refractivity contribution in [2.45, 2.75) is 38.8 Å². The van der Waals surface area contributed by atoms with Gasteiger partial charge < -0.3 is 16.2 Å². The van der Waals surface area contributed by atoms with E-state index in [-0.39, 0.29) is 12.0 Å². The number of carboxylic acids is 1. The molecule has 76 valence electrons. The van der Waals surface area contributed by atoms with Gasteiger partial charge in [0.05, 0.1) is 12.5 Å². The Kier molecular flexibility index (Phi) is 3.87. The molecule has 0 aromatic rings. The molecule has 0 aromatic carbocycles. The van der Waals surface area contributed by atoms with Gasteiger partial charge in [-0.25, -0.2) is 0 Å². The molecule has 0 fully saturated rings. The number of aliphatic carboxylic acids is 1. The lowest BCUT2D eigenvalue weighted by Crippen LogP contribution is -2.49. The van der Waals surface area contributed by atoms with Crippen LogP contribution in [0.4, 0.5) is 0 Å². The van der Waals surface area contributed by atoms with Crippen molar-refractivity contribution in [2.24, 2.45) is 5.73 Å². The summed E-state index contributed by atoms with van der Waals surface area (Å²) in [6.07, 6.45) is -0.345. The van der Waals surface area contributed by atoms with Gasteiger partial charge in [-0.2, -0.15) is 0 Å². The first-order chi connectivity index (χ1) is 5.72. The molecule has 5 heteroatoms. The Morgan fingerprint density at radius 3 is 2.23 bits per heavy atom. The normalized spacial score (nSPS) is 13.5. The van der Waals surface area contributed by atoms with Gasteiger partial charge >= 0.3 is 5.97 Å². The Hall–Kier alpha value is -1.10. The molecule has 0 aromatic heterocycles. The molecule has 0 rings (SSSR count). The van der Waals surface area contributed by atoms with Crippen molar-refractivity contribution in [3.8, 4) is 0 Å². The fraction of sp³-hybridized carbons (Fsp3) is 0.750. The minimum atomic E-state index is -1.07. The van der Waals surface area contributed by atoms with Gasteiger partial charge in [0.1, 0.15) is 0 Å². The maximum atomic E-state index is 11.2. The topological polar surface area (TPSA) is 92.4 Å². The van der Waals surface area contributed by atoms with Crippen molar-refractivity contribution in [1.82, 2.24) is 5.32 Å². The Labute approximate surface area is 77.3 Å². The zero-order valence-electron chi connectivity index (χ0n) is 8.13. The van der Waals surface area contributed by atoms with Crippen molar-refractivity contribution >= 4 is 11.9 Å². The molecule has 0 radical (unpaired) electrons. The Balaban J connectivity index is 4.05. The van der Waals surface area contributed by atoms with Gasteiger partial charge in [-0.15, -0.1) is 0 Å². The summed E-state index contributed by atoms with van der Waals surface area (Å²) in [4.78, 5) is 21.4. The highest BCUT2D eigenvalue weighted by Crippen LogP contribution is 1.99. The SMILES string of the molecule is CC(C)(C)NC(=O)C(N)CC(=O)O.